The standard InChI is InChI=1S/C27H29NO2Si/c1-27(2,3)31(4,5)30-18-19-11-12-21-13-14-25-24(26(29)23(21)15-19)16-22(17-28-25)20-9-7-6-8-10-20/h6-17H,18H2,1-5H3. The fraction of sp³-hybridized carbons (Fsp3) is 0.259. The number of hydrogen-bond acceptors (Lipinski definition) is 3. The second-order valence-electron chi connectivity index (χ2n) is 9.66. The predicted octanol–water partition coefficient (Wildman–Crippen LogP) is 6.94. The summed E-state index contributed by atoms with van der Waals surface area (Å²) < 4.78 is 6.38. The van der Waals surface area contributed by atoms with Crippen LogP contribution >= 0.6 is 0 Å². The first-order valence-corrected chi connectivity index (χ1v) is 13.6. The van der Waals surface area contributed by atoms with Gasteiger partial charge in [-0.1, -0.05) is 69.3 Å². The van der Waals surface area contributed by atoms with Gasteiger partial charge in [0.25, 0.3) is 0 Å². The number of hydrogen-bond donors (Lipinski definition) is 0. The van der Waals surface area contributed by atoms with Crippen LogP contribution in [0, 0.1) is 0 Å². The monoisotopic (exact) mass is 427 g/mol. The minimum absolute atomic E-state index is 0.00876. The Kier molecular flexibility index (Phi) is 5.54. The first-order valence-electron chi connectivity index (χ1n) is 10.7. The van der Waals surface area contributed by atoms with Crippen LogP contribution in [0.25, 0.3) is 32.8 Å². The van der Waals surface area contributed by atoms with Gasteiger partial charge in [0, 0.05) is 22.5 Å². The van der Waals surface area contributed by atoms with E-state index in [9.17, 15) is 4.79 Å². The molecule has 3 nitrogen and oxygen atoms in total. The molecule has 0 saturated carbocycles. The summed E-state index contributed by atoms with van der Waals surface area (Å²) in [6.07, 6.45) is 1.83. The molecule has 158 valence electrons. The minimum Gasteiger partial charge on any atom is -0.413 e. The van der Waals surface area contributed by atoms with Gasteiger partial charge in [0.05, 0.1) is 12.1 Å². The summed E-state index contributed by atoms with van der Waals surface area (Å²) >= 11 is 0. The SMILES string of the molecule is CC(C)(C)[Si](C)(C)OCc1ccc2ccc3ncc(-c4ccccc4)cc3c(=O)c2c1. The molecular formula is C27H29NO2Si. The maximum absolute atomic E-state index is 13.5. The molecule has 0 radical (unpaired) electrons. The maximum Gasteiger partial charge on any atom is 0.195 e. The zero-order chi connectivity index (χ0) is 22.2. The van der Waals surface area contributed by atoms with Crippen LogP contribution in [0.3, 0.4) is 0 Å². The molecule has 0 amide bonds. The highest BCUT2D eigenvalue weighted by atomic mass is 28.4. The number of pyridine rings is 1. The van der Waals surface area contributed by atoms with Crippen LogP contribution in [-0.2, 0) is 11.0 Å². The number of nitrogens with zero attached hydrogens (tertiary/aromatic N) is 1. The van der Waals surface area contributed by atoms with Gasteiger partial charge in [0.2, 0.25) is 0 Å². The lowest BCUT2D eigenvalue weighted by atomic mass is 10.1. The summed E-state index contributed by atoms with van der Waals surface area (Å²) in [5, 5.41) is 2.41. The number of rotatable bonds is 4. The maximum atomic E-state index is 13.5. The minimum atomic E-state index is -1.86. The van der Waals surface area contributed by atoms with Crippen molar-refractivity contribution in [2.45, 2.75) is 45.5 Å². The highest BCUT2D eigenvalue weighted by Crippen LogP contribution is 2.37. The Morgan fingerprint density at radius 2 is 1.58 bits per heavy atom. The molecule has 1 aromatic heterocycles. The van der Waals surface area contributed by atoms with Crippen molar-refractivity contribution in [2.24, 2.45) is 0 Å². The van der Waals surface area contributed by atoms with E-state index in [-0.39, 0.29) is 10.5 Å². The fourth-order valence-electron chi connectivity index (χ4n) is 3.41. The van der Waals surface area contributed by atoms with Crippen LogP contribution in [0.1, 0.15) is 26.3 Å². The van der Waals surface area contributed by atoms with E-state index < -0.39 is 8.32 Å². The van der Waals surface area contributed by atoms with Crippen LogP contribution in [0.2, 0.25) is 18.1 Å². The van der Waals surface area contributed by atoms with Crippen molar-refractivity contribution in [3.05, 3.63) is 88.7 Å². The lowest BCUT2D eigenvalue weighted by molar-refractivity contribution is 0.276. The van der Waals surface area contributed by atoms with E-state index in [1.165, 1.54) is 0 Å². The molecule has 31 heavy (non-hydrogen) atoms. The molecule has 0 aliphatic carbocycles. The lowest BCUT2D eigenvalue weighted by Crippen LogP contribution is -2.40. The van der Waals surface area contributed by atoms with E-state index in [4.69, 9.17) is 4.43 Å². The molecule has 0 N–H and O–H groups in total. The Hall–Kier alpha value is -2.82. The number of fused-ring (bicyclic) bond motifs is 2. The highest BCUT2D eigenvalue weighted by molar-refractivity contribution is 6.74. The Morgan fingerprint density at radius 3 is 2.29 bits per heavy atom. The highest BCUT2D eigenvalue weighted by Gasteiger charge is 2.37. The van der Waals surface area contributed by atoms with Crippen LogP contribution in [-0.4, -0.2) is 13.3 Å². The quantitative estimate of drug-likeness (QED) is 0.331. The molecular weight excluding hydrogens is 398 g/mol. The summed E-state index contributed by atoms with van der Waals surface area (Å²) in [5.74, 6) is 0. The third kappa shape index (κ3) is 4.32. The van der Waals surface area contributed by atoms with E-state index in [0.717, 1.165) is 22.1 Å². The van der Waals surface area contributed by atoms with Gasteiger partial charge < -0.3 is 4.43 Å². The molecule has 0 saturated heterocycles. The van der Waals surface area contributed by atoms with Crippen molar-refractivity contribution in [1.29, 1.82) is 0 Å². The van der Waals surface area contributed by atoms with E-state index in [1.54, 1.807) is 0 Å². The van der Waals surface area contributed by atoms with Gasteiger partial charge in [-0.25, -0.2) is 0 Å². The van der Waals surface area contributed by atoms with E-state index in [1.807, 2.05) is 66.9 Å². The molecule has 3 aromatic carbocycles. The van der Waals surface area contributed by atoms with Crippen molar-refractivity contribution in [1.82, 2.24) is 4.98 Å². The molecule has 0 aliphatic heterocycles. The smallest absolute Gasteiger partial charge is 0.195 e. The second kappa shape index (κ2) is 8.02. The molecule has 1 heterocycles. The molecule has 0 bridgehead atoms. The van der Waals surface area contributed by atoms with Gasteiger partial charge >= 0.3 is 0 Å². The topological polar surface area (TPSA) is 39.2 Å². The first kappa shape index (κ1) is 21.4. The molecule has 4 rings (SSSR count). The van der Waals surface area contributed by atoms with Crippen molar-refractivity contribution in [3.63, 3.8) is 0 Å². The molecule has 0 aliphatic rings. The Morgan fingerprint density at radius 1 is 0.871 bits per heavy atom. The molecule has 0 spiro atoms. The summed E-state index contributed by atoms with van der Waals surface area (Å²) in [4.78, 5) is 18.1. The van der Waals surface area contributed by atoms with Gasteiger partial charge in [0.1, 0.15) is 0 Å². The zero-order valence-electron chi connectivity index (χ0n) is 18.9. The van der Waals surface area contributed by atoms with E-state index in [0.29, 0.717) is 22.9 Å². The van der Waals surface area contributed by atoms with Gasteiger partial charge in [-0.05, 0) is 52.8 Å². The molecule has 0 unspecified atom stereocenters. The van der Waals surface area contributed by atoms with Gasteiger partial charge in [-0.3, -0.25) is 9.78 Å². The summed E-state index contributed by atoms with van der Waals surface area (Å²) in [6, 6.07) is 22.0. The van der Waals surface area contributed by atoms with Crippen molar-refractivity contribution >= 4 is 30.0 Å². The molecule has 0 atom stereocenters. The first-order chi connectivity index (χ1) is 14.7. The second-order valence-corrected chi connectivity index (χ2v) is 14.5. The van der Waals surface area contributed by atoms with Crippen LogP contribution in [0.4, 0.5) is 0 Å². The van der Waals surface area contributed by atoms with E-state index in [2.05, 4.69) is 44.9 Å². The summed E-state index contributed by atoms with van der Waals surface area (Å²) in [5.41, 5.74) is 3.74. The Labute approximate surface area is 184 Å². The van der Waals surface area contributed by atoms with Gasteiger partial charge in [-0.15, -0.1) is 0 Å². The molecule has 0 fully saturated rings. The summed E-state index contributed by atoms with van der Waals surface area (Å²) in [7, 11) is -1.86. The average molecular weight is 428 g/mol. The Balaban J connectivity index is 1.80. The molecule has 4 heteroatoms. The van der Waals surface area contributed by atoms with Crippen LogP contribution in [0.15, 0.2) is 77.7 Å². The van der Waals surface area contributed by atoms with Crippen LogP contribution < -0.4 is 5.43 Å². The van der Waals surface area contributed by atoms with Crippen molar-refractivity contribution < 1.29 is 4.43 Å². The predicted molar refractivity (Wildman–Crippen MR) is 133 cm³/mol. The zero-order valence-corrected chi connectivity index (χ0v) is 19.9. The van der Waals surface area contributed by atoms with Crippen LogP contribution in [0.5, 0.6) is 0 Å². The normalized spacial score (nSPS) is 12.4. The fourth-order valence-corrected chi connectivity index (χ4v) is 4.37. The third-order valence-corrected chi connectivity index (χ3v) is 10.9. The van der Waals surface area contributed by atoms with Gasteiger partial charge in [-0.2, -0.15) is 0 Å². The summed E-state index contributed by atoms with van der Waals surface area (Å²) in [6.45, 7) is 11.7. The Bertz CT molecular complexity index is 1310. The van der Waals surface area contributed by atoms with Gasteiger partial charge in [0.15, 0.2) is 13.7 Å². The van der Waals surface area contributed by atoms with E-state index >= 15 is 0 Å². The third-order valence-electron chi connectivity index (χ3n) is 6.46. The number of aromatic nitrogens is 1. The van der Waals surface area contributed by atoms with Crippen molar-refractivity contribution in [3.8, 4) is 11.1 Å². The molecule has 4 aromatic rings. The van der Waals surface area contributed by atoms with Crippen molar-refractivity contribution in [2.75, 3.05) is 0 Å². The largest absolute Gasteiger partial charge is 0.413 e. The lowest BCUT2D eigenvalue weighted by Gasteiger charge is -2.36. The number of benzene rings is 2. The average Bonchev–Trinajstić information content (AvgIpc) is 2.88.